The lowest BCUT2D eigenvalue weighted by molar-refractivity contribution is 0.237. The summed E-state index contributed by atoms with van der Waals surface area (Å²) in [5.41, 5.74) is 0.993. The van der Waals surface area contributed by atoms with Crippen molar-refractivity contribution in [1.82, 2.24) is 10.6 Å². The van der Waals surface area contributed by atoms with Crippen LogP contribution in [-0.2, 0) is 6.42 Å². The van der Waals surface area contributed by atoms with Crippen LogP contribution < -0.4 is 10.6 Å². The Labute approximate surface area is 123 Å². The second-order valence-corrected chi connectivity index (χ2v) is 5.71. The summed E-state index contributed by atoms with van der Waals surface area (Å²) in [4.78, 5) is 11.7. The number of urea groups is 1. The van der Waals surface area contributed by atoms with Crippen LogP contribution in [0.2, 0.25) is 10.0 Å². The molecule has 1 fully saturated rings. The molecule has 1 aliphatic carbocycles. The summed E-state index contributed by atoms with van der Waals surface area (Å²) in [6.07, 6.45) is 5.32. The molecule has 0 bridgehead atoms. The zero-order chi connectivity index (χ0) is 13.7. The van der Waals surface area contributed by atoms with Gasteiger partial charge in [-0.05, 0) is 37.0 Å². The Kier molecular flexibility index (Phi) is 5.34. The molecule has 1 aromatic rings. The van der Waals surface area contributed by atoms with Crippen LogP contribution in [0, 0.1) is 0 Å². The Morgan fingerprint density at radius 2 is 2.00 bits per heavy atom. The van der Waals surface area contributed by atoms with Gasteiger partial charge in [0.2, 0.25) is 0 Å². The van der Waals surface area contributed by atoms with Crippen molar-refractivity contribution >= 4 is 29.2 Å². The molecule has 5 heteroatoms. The number of amides is 2. The van der Waals surface area contributed by atoms with E-state index in [1.54, 1.807) is 12.1 Å². The third-order valence-electron chi connectivity index (χ3n) is 3.39. The van der Waals surface area contributed by atoms with Crippen LogP contribution in [0.25, 0.3) is 0 Å². The van der Waals surface area contributed by atoms with Gasteiger partial charge in [-0.15, -0.1) is 0 Å². The standard InChI is InChI=1S/C14H18Cl2N2O/c15-11-6-5-10(13(16)9-11)7-8-17-14(19)18-12-3-1-2-4-12/h5-6,9,12H,1-4,7-8H2,(H2,17,18,19). The molecule has 0 radical (unpaired) electrons. The summed E-state index contributed by atoms with van der Waals surface area (Å²) in [6.45, 7) is 0.569. The quantitative estimate of drug-likeness (QED) is 0.873. The van der Waals surface area contributed by atoms with Gasteiger partial charge in [0, 0.05) is 22.6 Å². The Morgan fingerprint density at radius 3 is 2.68 bits per heavy atom. The number of nitrogens with one attached hydrogen (secondary N) is 2. The van der Waals surface area contributed by atoms with Gasteiger partial charge in [-0.3, -0.25) is 0 Å². The maximum absolute atomic E-state index is 11.7. The van der Waals surface area contributed by atoms with Crippen molar-refractivity contribution in [3.05, 3.63) is 33.8 Å². The lowest BCUT2D eigenvalue weighted by Gasteiger charge is -2.13. The minimum Gasteiger partial charge on any atom is -0.338 e. The van der Waals surface area contributed by atoms with Crippen molar-refractivity contribution in [2.75, 3.05) is 6.54 Å². The molecule has 1 aromatic carbocycles. The summed E-state index contributed by atoms with van der Waals surface area (Å²) >= 11 is 11.9. The molecule has 0 aliphatic heterocycles. The monoisotopic (exact) mass is 300 g/mol. The average Bonchev–Trinajstić information content (AvgIpc) is 2.84. The SMILES string of the molecule is O=C(NCCc1ccc(Cl)cc1Cl)NC1CCCC1. The van der Waals surface area contributed by atoms with E-state index < -0.39 is 0 Å². The normalized spacial score (nSPS) is 15.5. The highest BCUT2D eigenvalue weighted by atomic mass is 35.5. The third-order valence-corrected chi connectivity index (χ3v) is 3.97. The highest BCUT2D eigenvalue weighted by Crippen LogP contribution is 2.21. The lowest BCUT2D eigenvalue weighted by Crippen LogP contribution is -2.41. The van der Waals surface area contributed by atoms with Gasteiger partial charge in [0.05, 0.1) is 0 Å². The summed E-state index contributed by atoms with van der Waals surface area (Å²) in [5, 5.41) is 7.11. The van der Waals surface area contributed by atoms with E-state index in [0.717, 1.165) is 18.4 Å². The summed E-state index contributed by atoms with van der Waals surface area (Å²) in [7, 11) is 0. The number of halogens is 2. The molecular formula is C14H18Cl2N2O. The van der Waals surface area contributed by atoms with Crippen LogP contribution in [0.15, 0.2) is 18.2 Å². The van der Waals surface area contributed by atoms with E-state index in [9.17, 15) is 4.79 Å². The van der Waals surface area contributed by atoms with E-state index in [-0.39, 0.29) is 6.03 Å². The number of hydrogen-bond acceptors (Lipinski definition) is 1. The Hall–Kier alpha value is -0.930. The van der Waals surface area contributed by atoms with Gasteiger partial charge in [0.25, 0.3) is 0 Å². The first-order chi connectivity index (χ1) is 9.15. The predicted octanol–water partition coefficient (Wildman–Crippen LogP) is 3.78. The van der Waals surface area contributed by atoms with Crippen molar-refractivity contribution < 1.29 is 4.79 Å². The summed E-state index contributed by atoms with van der Waals surface area (Å²) < 4.78 is 0. The largest absolute Gasteiger partial charge is 0.338 e. The summed E-state index contributed by atoms with van der Waals surface area (Å²) in [5.74, 6) is 0. The molecule has 0 unspecified atom stereocenters. The van der Waals surface area contributed by atoms with E-state index in [4.69, 9.17) is 23.2 Å². The first kappa shape index (κ1) is 14.5. The molecule has 2 rings (SSSR count). The molecule has 1 aliphatic rings. The van der Waals surface area contributed by atoms with Gasteiger partial charge in [0.1, 0.15) is 0 Å². The van der Waals surface area contributed by atoms with E-state index >= 15 is 0 Å². The van der Waals surface area contributed by atoms with Crippen LogP contribution in [0.3, 0.4) is 0 Å². The van der Waals surface area contributed by atoms with Crippen LogP contribution in [0.4, 0.5) is 4.79 Å². The fourth-order valence-corrected chi connectivity index (χ4v) is 2.84. The van der Waals surface area contributed by atoms with E-state index in [1.165, 1.54) is 12.8 Å². The number of carbonyl (C=O) groups excluding carboxylic acids is 1. The maximum atomic E-state index is 11.7. The lowest BCUT2D eigenvalue weighted by atomic mass is 10.1. The van der Waals surface area contributed by atoms with Crippen molar-refractivity contribution in [3.8, 4) is 0 Å². The molecule has 19 heavy (non-hydrogen) atoms. The van der Waals surface area contributed by atoms with Crippen molar-refractivity contribution in [2.24, 2.45) is 0 Å². The minimum atomic E-state index is -0.0861. The molecule has 1 saturated carbocycles. The average molecular weight is 301 g/mol. The Bertz CT molecular complexity index is 445. The van der Waals surface area contributed by atoms with Crippen molar-refractivity contribution in [3.63, 3.8) is 0 Å². The molecule has 0 aromatic heterocycles. The fourth-order valence-electron chi connectivity index (χ4n) is 2.34. The minimum absolute atomic E-state index is 0.0861. The Balaban J connectivity index is 1.72. The van der Waals surface area contributed by atoms with Crippen LogP contribution >= 0.6 is 23.2 Å². The van der Waals surface area contributed by atoms with E-state index in [1.807, 2.05) is 6.07 Å². The number of rotatable bonds is 4. The topological polar surface area (TPSA) is 41.1 Å². The van der Waals surface area contributed by atoms with Gasteiger partial charge < -0.3 is 10.6 Å². The van der Waals surface area contributed by atoms with Gasteiger partial charge in [-0.2, -0.15) is 0 Å². The van der Waals surface area contributed by atoms with Crippen LogP contribution in [-0.4, -0.2) is 18.6 Å². The highest BCUT2D eigenvalue weighted by Gasteiger charge is 2.16. The number of benzene rings is 1. The van der Waals surface area contributed by atoms with Gasteiger partial charge in [-0.25, -0.2) is 4.79 Å². The number of hydrogen-bond donors (Lipinski definition) is 2. The molecule has 0 atom stereocenters. The Morgan fingerprint density at radius 1 is 1.26 bits per heavy atom. The smallest absolute Gasteiger partial charge is 0.315 e. The number of carbonyl (C=O) groups is 1. The zero-order valence-electron chi connectivity index (χ0n) is 10.7. The van der Waals surface area contributed by atoms with Gasteiger partial charge in [-0.1, -0.05) is 42.1 Å². The molecule has 104 valence electrons. The molecular weight excluding hydrogens is 283 g/mol. The second-order valence-electron chi connectivity index (χ2n) is 4.87. The molecule has 0 heterocycles. The highest BCUT2D eigenvalue weighted by molar-refractivity contribution is 6.35. The van der Waals surface area contributed by atoms with Crippen LogP contribution in [0.1, 0.15) is 31.2 Å². The van der Waals surface area contributed by atoms with Crippen molar-refractivity contribution in [2.45, 2.75) is 38.1 Å². The first-order valence-electron chi connectivity index (χ1n) is 6.63. The fraction of sp³-hybridized carbons (Fsp3) is 0.500. The van der Waals surface area contributed by atoms with Crippen LogP contribution in [0.5, 0.6) is 0 Å². The maximum Gasteiger partial charge on any atom is 0.315 e. The molecule has 0 spiro atoms. The molecule has 2 N–H and O–H groups in total. The van der Waals surface area contributed by atoms with Gasteiger partial charge >= 0.3 is 6.03 Å². The van der Waals surface area contributed by atoms with E-state index in [0.29, 0.717) is 29.1 Å². The van der Waals surface area contributed by atoms with E-state index in [2.05, 4.69) is 10.6 Å². The molecule has 3 nitrogen and oxygen atoms in total. The predicted molar refractivity (Wildman–Crippen MR) is 79.0 cm³/mol. The third kappa shape index (κ3) is 4.59. The first-order valence-corrected chi connectivity index (χ1v) is 7.39. The molecule has 0 saturated heterocycles. The zero-order valence-corrected chi connectivity index (χ0v) is 12.2. The summed E-state index contributed by atoms with van der Waals surface area (Å²) in [6, 6.07) is 5.68. The molecule has 2 amide bonds. The van der Waals surface area contributed by atoms with Gasteiger partial charge in [0.15, 0.2) is 0 Å². The second kappa shape index (κ2) is 7.01. The van der Waals surface area contributed by atoms with Crippen molar-refractivity contribution in [1.29, 1.82) is 0 Å².